The van der Waals surface area contributed by atoms with E-state index >= 15 is 0 Å². The van der Waals surface area contributed by atoms with Crippen LogP contribution < -0.4 is 0 Å². The molecule has 0 N–H and O–H groups in total. The summed E-state index contributed by atoms with van der Waals surface area (Å²) in [7, 11) is 2.75. The zero-order chi connectivity index (χ0) is 38.3. The first-order valence-corrected chi connectivity index (χ1v) is 16.7. The quantitative estimate of drug-likeness (QED) is 0.312. The first-order valence-electron chi connectivity index (χ1n) is 16.7. The van der Waals surface area contributed by atoms with Crippen molar-refractivity contribution in [2.75, 3.05) is 14.1 Å². The van der Waals surface area contributed by atoms with Crippen LogP contribution in [-0.2, 0) is 24.0 Å². The van der Waals surface area contributed by atoms with Gasteiger partial charge in [-0.1, -0.05) is 86.9 Å². The van der Waals surface area contributed by atoms with Crippen LogP contribution in [0.25, 0.3) is 0 Å². The lowest BCUT2D eigenvalue weighted by molar-refractivity contribution is -0.173. The van der Waals surface area contributed by atoms with Crippen LogP contribution in [0, 0.1) is 45.3 Å². The summed E-state index contributed by atoms with van der Waals surface area (Å²) >= 11 is 0. The zero-order valence-corrected chi connectivity index (χ0v) is 31.2. The highest BCUT2D eigenvalue weighted by atomic mass is 16.2. The van der Waals surface area contributed by atoms with E-state index < -0.39 is 35.0 Å². The SMILES string of the molecule is CC(CC1=C(C#N)C(=O)N(N(C)C(=O)C(C)(C)C)C(=O)C1)C(C)(C)C.CCC(C)CC1=C(C#N)C(=O)N(N(C)C(=O)c2ccccc2)C(=O)C1. The lowest BCUT2D eigenvalue weighted by Crippen LogP contribution is -2.55. The standard InChI is InChI=1S/C19H21N3O3.C19H29N3O3/c1-4-13(2)10-15-11-17(23)22(19(25)16(15)12-20)21(3)18(24)14-8-6-5-7-9-14;1-12(18(2,3)4)9-13-10-15(23)22(16(24)14(13)11-20)21(8)17(25)19(5,6)7/h5-9,13H,4,10-11H2,1-3H3;12H,9-10H2,1-8H3. The molecule has 0 fully saturated rings. The Hall–Kier alpha value is -5.10. The summed E-state index contributed by atoms with van der Waals surface area (Å²) in [6.45, 7) is 17.4. The van der Waals surface area contributed by atoms with Crippen molar-refractivity contribution in [3.63, 3.8) is 0 Å². The third-order valence-corrected chi connectivity index (χ3v) is 9.12. The van der Waals surface area contributed by atoms with Gasteiger partial charge in [-0.15, -0.1) is 0 Å². The van der Waals surface area contributed by atoms with Gasteiger partial charge in [0.2, 0.25) is 5.91 Å². The zero-order valence-electron chi connectivity index (χ0n) is 31.2. The maximum Gasteiger partial charge on any atom is 0.290 e. The van der Waals surface area contributed by atoms with Gasteiger partial charge in [0.25, 0.3) is 29.5 Å². The van der Waals surface area contributed by atoms with Crippen LogP contribution in [0.3, 0.4) is 0 Å². The topological polar surface area (TPSA) is 163 Å². The lowest BCUT2D eigenvalue weighted by atomic mass is 9.77. The van der Waals surface area contributed by atoms with Crippen LogP contribution in [0.4, 0.5) is 0 Å². The van der Waals surface area contributed by atoms with Crippen LogP contribution in [0.1, 0.15) is 105 Å². The van der Waals surface area contributed by atoms with Gasteiger partial charge in [-0.05, 0) is 53.4 Å². The van der Waals surface area contributed by atoms with Gasteiger partial charge in [-0.3, -0.25) is 28.8 Å². The normalized spacial score (nSPS) is 16.7. The van der Waals surface area contributed by atoms with Crippen molar-refractivity contribution in [1.82, 2.24) is 20.0 Å². The Morgan fingerprint density at radius 2 is 1.22 bits per heavy atom. The van der Waals surface area contributed by atoms with E-state index in [0.717, 1.165) is 26.5 Å². The molecule has 0 bridgehead atoms. The Morgan fingerprint density at radius 1 is 0.780 bits per heavy atom. The van der Waals surface area contributed by atoms with Gasteiger partial charge in [0.1, 0.15) is 23.3 Å². The van der Waals surface area contributed by atoms with Crippen LogP contribution in [0.2, 0.25) is 0 Å². The van der Waals surface area contributed by atoms with E-state index in [1.165, 1.54) is 14.1 Å². The number of benzene rings is 1. The van der Waals surface area contributed by atoms with Crippen molar-refractivity contribution < 1.29 is 28.8 Å². The molecule has 0 saturated carbocycles. The highest BCUT2D eigenvalue weighted by Crippen LogP contribution is 2.35. The number of carbonyl (C=O) groups is 6. The summed E-state index contributed by atoms with van der Waals surface area (Å²) in [5.74, 6) is -2.78. The number of hydrogen-bond acceptors (Lipinski definition) is 8. The number of hydrazine groups is 2. The smallest absolute Gasteiger partial charge is 0.272 e. The van der Waals surface area contributed by atoms with Crippen LogP contribution in [-0.4, -0.2) is 69.6 Å². The minimum atomic E-state index is -0.743. The molecule has 1 aromatic rings. The van der Waals surface area contributed by atoms with Crippen LogP contribution in [0.5, 0.6) is 0 Å². The molecule has 0 spiro atoms. The first-order chi connectivity index (χ1) is 23.1. The Labute approximate surface area is 295 Å². The molecule has 50 heavy (non-hydrogen) atoms. The van der Waals surface area contributed by atoms with E-state index in [1.54, 1.807) is 51.1 Å². The van der Waals surface area contributed by atoms with Gasteiger partial charge in [-0.2, -0.15) is 20.5 Å². The number of hydrogen-bond donors (Lipinski definition) is 0. The molecule has 0 saturated heterocycles. The van der Waals surface area contributed by atoms with Gasteiger partial charge >= 0.3 is 0 Å². The number of nitriles is 2. The van der Waals surface area contributed by atoms with Gasteiger partial charge in [0.05, 0.1) is 12.8 Å². The van der Waals surface area contributed by atoms with E-state index in [1.807, 2.05) is 32.9 Å². The highest BCUT2D eigenvalue weighted by molar-refractivity contribution is 6.12. The summed E-state index contributed by atoms with van der Waals surface area (Å²) in [6, 6.07) is 12.2. The summed E-state index contributed by atoms with van der Waals surface area (Å²) in [6.07, 6.45) is 1.89. The largest absolute Gasteiger partial charge is 0.290 e. The number of carbonyl (C=O) groups excluding carboxylic acids is 6. The fourth-order valence-corrected chi connectivity index (χ4v) is 5.32. The molecule has 0 aliphatic carbocycles. The molecule has 2 heterocycles. The van der Waals surface area contributed by atoms with Crippen molar-refractivity contribution in [2.24, 2.45) is 22.7 Å². The van der Waals surface area contributed by atoms with Crippen molar-refractivity contribution in [2.45, 2.75) is 94.4 Å². The monoisotopic (exact) mass is 686 g/mol. The predicted octanol–water partition coefficient (Wildman–Crippen LogP) is 5.75. The van der Waals surface area contributed by atoms with E-state index in [9.17, 15) is 39.3 Å². The Kier molecular flexibility index (Phi) is 13.6. The van der Waals surface area contributed by atoms with Gasteiger partial charge in [-0.25, -0.2) is 10.0 Å². The minimum absolute atomic E-state index is 0.00418. The molecule has 1 aromatic carbocycles. The molecule has 2 atom stereocenters. The molecule has 12 heteroatoms. The van der Waals surface area contributed by atoms with E-state index in [-0.39, 0.29) is 47.1 Å². The maximum absolute atomic E-state index is 12.7. The minimum Gasteiger partial charge on any atom is -0.272 e. The molecule has 0 radical (unpaired) electrons. The molecule has 268 valence electrons. The van der Waals surface area contributed by atoms with E-state index in [0.29, 0.717) is 29.6 Å². The second-order valence-electron chi connectivity index (χ2n) is 15.0. The molecule has 12 nitrogen and oxygen atoms in total. The molecular weight excluding hydrogens is 636 g/mol. The summed E-state index contributed by atoms with van der Waals surface area (Å²) in [5.41, 5.74) is 0.676. The fourth-order valence-electron chi connectivity index (χ4n) is 5.32. The number of rotatable bonds is 8. The maximum atomic E-state index is 12.7. The van der Waals surface area contributed by atoms with E-state index in [4.69, 9.17) is 0 Å². The average molecular weight is 687 g/mol. The second-order valence-corrected chi connectivity index (χ2v) is 15.0. The molecule has 3 rings (SSSR count). The third kappa shape index (κ3) is 9.53. The van der Waals surface area contributed by atoms with Crippen molar-refractivity contribution in [3.8, 4) is 12.1 Å². The van der Waals surface area contributed by atoms with Crippen molar-refractivity contribution in [3.05, 3.63) is 58.2 Å². The number of imide groups is 2. The van der Waals surface area contributed by atoms with Crippen molar-refractivity contribution in [1.29, 1.82) is 10.5 Å². The second kappa shape index (κ2) is 16.5. The average Bonchev–Trinajstić information content (AvgIpc) is 3.03. The van der Waals surface area contributed by atoms with Gasteiger partial charge in [0, 0.05) is 25.1 Å². The molecule has 2 aliphatic heterocycles. The fraction of sp³-hybridized carbons (Fsp3) is 0.526. The Morgan fingerprint density at radius 3 is 1.62 bits per heavy atom. The van der Waals surface area contributed by atoms with E-state index in [2.05, 4.69) is 20.8 Å². The van der Waals surface area contributed by atoms with Gasteiger partial charge < -0.3 is 0 Å². The third-order valence-electron chi connectivity index (χ3n) is 9.12. The van der Waals surface area contributed by atoms with Crippen LogP contribution >= 0.6 is 0 Å². The molecule has 6 amide bonds. The van der Waals surface area contributed by atoms with Crippen molar-refractivity contribution >= 4 is 35.4 Å². The molecule has 0 aromatic heterocycles. The number of nitrogens with zero attached hydrogens (tertiary/aromatic N) is 6. The first kappa shape index (κ1) is 41.1. The Balaban J connectivity index is 0.000000347. The predicted molar refractivity (Wildman–Crippen MR) is 186 cm³/mol. The summed E-state index contributed by atoms with van der Waals surface area (Å²) in [4.78, 5) is 75.3. The van der Waals surface area contributed by atoms with Gasteiger partial charge in [0.15, 0.2) is 0 Å². The lowest BCUT2D eigenvalue weighted by Gasteiger charge is -2.37. The number of amides is 6. The summed E-state index contributed by atoms with van der Waals surface area (Å²) in [5, 5.41) is 22.4. The molecular formula is C38H50N6O6. The molecule has 2 aliphatic rings. The Bertz CT molecular complexity index is 1670. The highest BCUT2D eigenvalue weighted by Gasteiger charge is 2.41. The van der Waals surface area contributed by atoms with Crippen LogP contribution in [0.15, 0.2) is 52.6 Å². The molecule has 2 unspecified atom stereocenters. The summed E-state index contributed by atoms with van der Waals surface area (Å²) < 4.78 is 0.